The van der Waals surface area contributed by atoms with Crippen LogP contribution in [0.4, 0.5) is 10.1 Å². The van der Waals surface area contributed by atoms with Gasteiger partial charge in [-0.05, 0) is 48.6 Å². The lowest BCUT2D eigenvalue weighted by molar-refractivity contribution is -0.118. The number of hydrogen-bond donors (Lipinski definition) is 2. The van der Waals surface area contributed by atoms with Crippen LogP contribution in [0.2, 0.25) is 0 Å². The summed E-state index contributed by atoms with van der Waals surface area (Å²) in [4.78, 5) is 26.8. The van der Waals surface area contributed by atoms with E-state index < -0.39 is 17.6 Å². The Bertz CT molecular complexity index is 1160. The Morgan fingerprint density at radius 3 is 2.62 bits per heavy atom. The highest BCUT2D eigenvalue weighted by Gasteiger charge is 2.42. The fourth-order valence-electron chi connectivity index (χ4n) is 4.64. The van der Waals surface area contributed by atoms with E-state index >= 15 is 0 Å². The lowest BCUT2D eigenvalue weighted by Gasteiger charge is -2.39. The molecule has 5 nitrogen and oxygen atoms in total. The summed E-state index contributed by atoms with van der Waals surface area (Å²) in [6.45, 7) is 5.95. The average Bonchev–Trinajstić information content (AvgIpc) is 2.73. The van der Waals surface area contributed by atoms with Crippen molar-refractivity contribution in [3.63, 3.8) is 0 Å². The van der Waals surface area contributed by atoms with Crippen LogP contribution in [0.3, 0.4) is 0 Å². The minimum Gasteiger partial charge on any atom is -0.497 e. The van der Waals surface area contributed by atoms with Gasteiger partial charge in [-0.2, -0.15) is 0 Å². The van der Waals surface area contributed by atoms with Crippen molar-refractivity contribution in [1.82, 2.24) is 5.32 Å². The van der Waals surface area contributed by atoms with Crippen LogP contribution in [0.1, 0.15) is 45.1 Å². The molecule has 4 rings (SSSR count). The van der Waals surface area contributed by atoms with Crippen molar-refractivity contribution in [2.75, 3.05) is 12.4 Å². The number of hydrogen-bond acceptors (Lipinski definition) is 4. The van der Waals surface area contributed by atoms with E-state index in [2.05, 4.69) is 24.5 Å². The lowest BCUT2D eigenvalue weighted by Crippen LogP contribution is -2.39. The quantitative estimate of drug-likeness (QED) is 0.705. The van der Waals surface area contributed by atoms with Gasteiger partial charge in [-0.3, -0.25) is 9.59 Å². The van der Waals surface area contributed by atoms with E-state index in [1.807, 2.05) is 31.2 Å². The molecule has 2 aliphatic rings. The minimum atomic E-state index is -0.572. The third-order valence-electron chi connectivity index (χ3n) is 6.03. The Morgan fingerprint density at radius 1 is 1.16 bits per heavy atom. The highest BCUT2D eigenvalue weighted by atomic mass is 19.1. The number of carbonyl (C=O) groups excluding carboxylic acids is 2. The van der Waals surface area contributed by atoms with Crippen LogP contribution in [-0.4, -0.2) is 18.8 Å². The summed E-state index contributed by atoms with van der Waals surface area (Å²) in [5, 5.41) is 6.00. The van der Waals surface area contributed by atoms with Gasteiger partial charge in [0.25, 0.3) is 5.91 Å². The Kier molecular flexibility index (Phi) is 5.63. The first kappa shape index (κ1) is 21.8. The molecule has 0 spiro atoms. The Hall–Kier alpha value is -3.41. The Labute approximate surface area is 187 Å². The molecule has 6 heteroatoms. The van der Waals surface area contributed by atoms with E-state index in [1.54, 1.807) is 19.2 Å². The molecular weight excluding hydrogens is 407 g/mol. The third-order valence-corrected chi connectivity index (χ3v) is 6.03. The van der Waals surface area contributed by atoms with Gasteiger partial charge in [0.15, 0.2) is 5.78 Å². The number of benzene rings is 2. The van der Waals surface area contributed by atoms with Crippen molar-refractivity contribution in [3.05, 3.63) is 82.5 Å². The van der Waals surface area contributed by atoms with E-state index in [4.69, 9.17) is 4.74 Å². The van der Waals surface area contributed by atoms with Gasteiger partial charge in [0.05, 0.1) is 12.8 Å². The maximum Gasteiger partial charge on any atom is 0.254 e. The fraction of sp³-hybridized carbons (Fsp3) is 0.308. The monoisotopic (exact) mass is 434 g/mol. The summed E-state index contributed by atoms with van der Waals surface area (Å²) in [7, 11) is 1.58. The fourth-order valence-corrected chi connectivity index (χ4v) is 4.64. The number of allylic oxidation sites excluding steroid dienone is 3. The molecule has 0 aromatic heterocycles. The van der Waals surface area contributed by atoms with Crippen molar-refractivity contribution in [1.29, 1.82) is 0 Å². The molecule has 1 aliphatic carbocycles. The first-order valence-corrected chi connectivity index (χ1v) is 10.6. The van der Waals surface area contributed by atoms with Crippen LogP contribution >= 0.6 is 0 Å². The van der Waals surface area contributed by atoms with Crippen molar-refractivity contribution in [2.45, 2.75) is 39.5 Å². The number of para-hydroxylation sites is 1. The SMILES string of the molecule is COc1cccc([C@@H]2C(C(=O)Nc3ccccc3F)=C(C)NC3=C2C(=O)CC(C)(C)C3)c1. The Morgan fingerprint density at radius 2 is 1.91 bits per heavy atom. The normalized spacial score (nSPS) is 19.9. The second-order valence-corrected chi connectivity index (χ2v) is 9.14. The van der Waals surface area contributed by atoms with Crippen LogP contribution in [-0.2, 0) is 9.59 Å². The topological polar surface area (TPSA) is 67.4 Å². The number of rotatable bonds is 4. The molecule has 0 saturated heterocycles. The number of ketones is 1. The summed E-state index contributed by atoms with van der Waals surface area (Å²) in [5.74, 6) is -0.886. The van der Waals surface area contributed by atoms with Crippen molar-refractivity contribution < 1.29 is 18.7 Å². The number of anilines is 1. The second-order valence-electron chi connectivity index (χ2n) is 9.14. The largest absolute Gasteiger partial charge is 0.497 e. The van der Waals surface area contributed by atoms with Gasteiger partial charge < -0.3 is 15.4 Å². The molecule has 2 aromatic rings. The first-order chi connectivity index (χ1) is 15.2. The van der Waals surface area contributed by atoms with E-state index in [0.717, 1.165) is 11.3 Å². The molecule has 1 aliphatic heterocycles. The molecule has 0 fully saturated rings. The molecule has 1 atom stereocenters. The molecule has 0 unspecified atom stereocenters. The van der Waals surface area contributed by atoms with E-state index in [1.165, 1.54) is 12.1 Å². The van der Waals surface area contributed by atoms with Gasteiger partial charge in [0.1, 0.15) is 11.6 Å². The van der Waals surface area contributed by atoms with Crippen LogP contribution in [0, 0.1) is 11.2 Å². The zero-order valence-corrected chi connectivity index (χ0v) is 18.7. The van der Waals surface area contributed by atoms with Gasteiger partial charge in [0, 0.05) is 34.9 Å². The smallest absolute Gasteiger partial charge is 0.254 e. The molecular formula is C26H27FN2O3. The van der Waals surface area contributed by atoms with Crippen LogP contribution in [0.25, 0.3) is 0 Å². The summed E-state index contributed by atoms with van der Waals surface area (Å²) >= 11 is 0. The maximum absolute atomic E-state index is 14.2. The zero-order chi connectivity index (χ0) is 23.0. The number of dihydropyridines is 1. The lowest BCUT2D eigenvalue weighted by atomic mass is 9.68. The molecule has 2 N–H and O–H groups in total. The van der Waals surface area contributed by atoms with Gasteiger partial charge >= 0.3 is 0 Å². The number of methoxy groups -OCH3 is 1. The molecule has 1 amide bonds. The number of ether oxygens (including phenoxy) is 1. The molecule has 2 aromatic carbocycles. The highest BCUT2D eigenvalue weighted by Crippen LogP contribution is 2.47. The van der Waals surface area contributed by atoms with Gasteiger partial charge in [-0.1, -0.05) is 38.1 Å². The van der Waals surface area contributed by atoms with E-state index in [0.29, 0.717) is 35.4 Å². The van der Waals surface area contributed by atoms with Crippen LogP contribution < -0.4 is 15.4 Å². The number of halogens is 1. The average molecular weight is 435 g/mol. The number of Topliss-reactive ketones (excluding diaryl/α,β-unsaturated/α-hetero) is 1. The summed E-state index contributed by atoms with van der Waals surface area (Å²) in [6, 6.07) is 13.4. The highest BCUT2D eigenvalue weighted by molar-refractivity contribution is 6.10. The summed E-state index contributed by atoms with van der Waals surface area (Å²) < 4.78 is 19.6. The van der Waals surface area contributed by atoms with Crippen LogP contribution in [0.15, 0.2) is 71.1 Å². The Balaban J connectivity index is 1.83. The second kappa shape index (κ2) is 8.26. The van der Waals surface area contributed by atoms with Crippen LogP contribution in [0.5, 0.6) is 5.75 Å². The van der Waals surface area contributed by atoms with E-state index in [-0.39, 0.29) is 16.9 Å². The van der Waals surface area contributed by atoms with Gasteiger partial charge in [0.2, 0.25) is 0 Å². The zero-order valence-electron chi connectivity index (χ0n) is 18.7. The molecule has 32 heavy (non-hydrogen) atoms. The maximum atomic E-state index is 14.2. The van der Waals surface area contributed by atoms with Crippen molar-refractivity contribution in [2.24, 2.45) is 5.41 Å². The standard InChI is InChI=1S/C26H27FN2O3/c1-15-22(25(31)29-19-11-6-5-10-18(19)27)23(16-8-7-9-17(12-16)32-4)24-20(28-15)13-26(2,3)14-21(24)30/h5-12,23,28H,13-14H2,1-4H3,(H,29,31)/t23-/m1/s1. The molecule has 0 radical (unpaired) electrons. The van der Waals surface area contributed by atoms with Gasteiger partial charge in [-0.25, -0.2) is 4.39 Å². The van der Waals surface area contributed by atoms with Crippen molar-refractivity contribution >= 4 is 17.4 Å². The van der Waals surface area contributed by atoms with Crippen molar-refractivity contribution in [3.8, 4) is 5.75 Å². The summed E-state index contributed by atoms with van der Waals surface area (Å²) in [5.41, 5.74) is 3.20. The molecule has 1 heterocycles. The number of carbonyl (C=O) groups is 2. The number of amides is 1. The third kappa shape index (κ3) is 4.05. The summed E-state index contributed by atoms with van der Waals surface area (Å²) in [6.07, 6.45) is 1.10. The molecule has 166 valence electrons. The number of nitrogens with one attached hydrogen (secondary N) is 2. The minimum absolute atomic E-state index is 0.0141. The first-order valence-electron chi connectivity index (χ1n) is 10.6. The predicted octanol–water partition coefficient (Wildman–Crippen LogP) is 5.08. The molecule has 0 saturated carbocycles. The predicted molar refractivity (Wildman–Crippen MR) is 122 cm³/mol. The molecule has 0 bridgehead atoms. The van der Waals surface area contributed by atoms with Gasteiger partial charge in [-0.15, -0.1) is 0 Å². The van der Waals surface area contributed by atoms with E-state index in [9.17, 15) is 14.0 Å².